The summed E-state index contributed by atoms with van der Waals surface area (Å²) in [6, 6.07) is -0.0312. The first-order valence-electron chi connectivity index (χ1n) is 5.41. The van der Waals surface area contributed by atoms with Crippen molar-refractivity contribution in [1.82, 2.24) is 20.2 Å². The summed E-state index contributed by atoms with van der Waals surface area (Å²) in [4.78, 5) is 31.9. The third-order valence-corrected chi connectivity index (χ3v) is 3.13. The molecule has 3 rings (SSSR count). The third kappa shape index (κ3) is 1.73. The highest BCUT2D eigenvalue weighted by atomic mass is 35.5. The van der Waals surface area contributed by atoms with Crippen LogP contribution in [-0.2, 0) is 0 Å². The smallest absolute Gasteiger partial charge is 0.282 e. The highest BCUT2D eigenvalue weighted by Crippen LogP contribution is 2.23. The predicted octanol–water partition coefficient (Wildman–Crippen LogP) is 0.179. The van der Waals surface area contributed by atoms with Crippen LogP contribution < -0.4 is 5.32 Å². The molecular weight excluding hydrogens is 244 g/mol. The molecule has 0 spiro atoms. The summed E-state index contributed by atoms with van der Waals surface area (Å²) in [5, 5.41) is 3.20. The highest BCUT2D eigenvalue weighted by molar-refractivity contribution is 6.19. The molecule has 1 aromatic rings. The number of fused-ring (bicyclic) bond motifs is 1. The van der Waals surface area contributed by atoms with E-state index in [4.69, 9.17) is 0 Å². The van der Waals surface area contributed by atoms with Gasteiger partial charge in [0.2, 0.25) is 0 Å². The molecule has 92 valence electrons. The lowest BCUT2D eigenvalue weighted by Crippen LogP contribution is -2.48. The first-order chi connectivity index (χ1) is 7.79. The molecule has 1 unspecified atom stereocenters. The fourth-order valence-electron chi connectivity index (χ4n) is 2.33. The molecule has 17 heavy (non-hydrogen) atoms. The van der Waals surface area contributed by atoms with E-state index < -0.39 is 0 Å². The van der Waals surface area contributed by atoms with Gasteiger partial charge in [-0.05, 0) is 19.4 Å². The Morgan fingerprint density at radius 2 is 2.18 bits per heavy atom. The van der Waals surface area contributed by atoms with Crippen molar-refractivity contribution in [2.75, 3.05) is 13.1 Å². The Kier molecular flexibility index (Phi) is 3.17. The van der Waals surface area contributed by atoms with E-state index in [1.54, 1.807) is 0 Å². The van der Waals surface area contributed by atoms with Crippen LogP contribution in [-0.4, -0.2) is 45.8 Å². The maximum atomic E-state index is 12.0. The van der Waals surface area contributed by atoms with E-state index in [1.807, 2.05) is 0 Å². The number of nitrogens with one attached hydrogen (secondary N) is 2. The molecule has 0 bridgehead atoms. The van der Waals surface area contributed by atoms with Gasteiger partial charge in [0.05, 0.1) is 12.4 Å². The van der Waals surface area contributed by atoms with Crippen molar-refractivity contribution in [3.05, 3.63) is 17.7 Å². The number of aromatic nitrogens is 2. The van der Waals surface area contributed by atoms with E-state index in [9.17, 15) is 9.59 Å². The van der Waals surface area contributed by atoms with E-state index in [0.717, 1.165) is 19.4 Å². The maximum Gasteiger partial charge on any atom is 0.282 e. The van der Waals surface area contributed by atoms with Crippen LogP contribution in [0.25, 0.3) is 0 Å². The number of amides is 2. The number of aromatic amines is 1. The van der Waals surface area contributed by atoms with E-state index >= 15 is 0 Å². The van der Waals surface area contributed by atoms with Gasteiger partial charge in [-0.1, -0.05) is 0 Å². The summed E-state index contributed by atoms with van der Waals surface area (Å²) >= 11 is 0. The van der Waals surface area contributed by atoms with E-state index in [1.165, 1.54) is 11.2 Å². The van der Waals surface area contributed by atoms with Crippen LogP contribution in [0.15, 0.2) is 6.33 Å². The topological polar surface area (TPSA) is 78.1 Å². The van der Waals surface area contributed by atoms with Crippen molar-refractivity contribution in [3.63, 3.8) is 0 Å². The first-order valence-corrected chi connectivity index (χ1v) is 5.41. The molecule has 2 aliphatic rings. The number of carbonyl (C=O) groups is 2. The lowest BCUT2D eigenvalue weighted by Gasteiger charge is -2.29. The largest absolute Gasteiger partial charge is 0.340 e. The average Bonchev–Trinajstić information content (AvgIpc) is 2.86. The molecule has 1 atom stereocenters. The van der Waals surface area contributed by atoms with Gasteiger partial charge in [-0.15, -0.1) is 12.4 Å². The third-order valence-electron chi connectivity index (χ3n) is 3.13. The Morgan fingerprint density at radius 3 is 2.82 bits per heavy atom. The number of imidazole rings is 1. The number of piperidine rings is 1. The molecule has 2 amide bonds. The number of hydrogen-bond acceptors (Lipinski definition) is 4. The zero-order valence-corrected chi connectivity index (χ0v) is 9.92. The van der Waals surface area contributed by atoms with Crippen molar-refractivity contribution in [2.45, 2.75) is 18.9 Å². The van der Waals surface area contributed by atoms with Crippen molar-refractivity contribution < 1.29 is 9.59 Å². The standard InChI is InChI=1S/C10H12N4O2.ClH/c15-9-7-8(13-5-12-7)10(16)14(9)6-2-1-3-11-4-6;/h5-6,11H,1-4H2,(H,12,13);1H. The summed E-state index contributed by atoms with van der Waals surface area (Å²) in [6.45, 7) is 1.64. The van der Waals surface area contributed by atoms with E-state index in [0.29, 0.717) is 12.2 Å². The van der Waals surface area contributed by atoms with Gasteiger partial charge in [-0.2, -0.15) is 0 Å². The molecule has 2 N–H and O–H groups in total. The molecule has 0 saturated carbocycles. The number of imide groups is 1. The van der Waals surface area contributed by atoms with Crippen LogP contribution in [0, 0.1) is 0 Å². The summed E-state index contributed by atoms with van der Waals surface area (Å²) in [7, 11) is 0. The van der Waals surface area contributed by atoms with Crippen LogP contribution >= 0.6 is 12.4 Å². The summed E-state index contributed by atoms with van der Waals surface area (Å²) < 4.78 is 0. The van der Waals surface area contributed by atoms with Crippen LogP contribution in [0.1, 0.15) is 33.8 Å². The van der Waals surface area contributed by atoms with Crippen molar-refractivity contribution >= 4 is 24.2 Å². The highest BCUT2D eigenvalue weighted by Gasteiger charge is 2.42. The number of rotatable bonds is 1. The second-order valence-corrected chi connectivity index (χ2v) is 4.11. The van der Waals surface area contributed by atoms with Gasteiger partial charge >= 0.3 is 0 Å². The number of halogens is 1. The normalized spacial score (nSPS) is 23.5. The second kappa shape index (κ2) is 4.46. The monoisotopic (exact) mass is 256 g/mol. The zero-order valence-electron chi connectivity index (χ0n) is 9.10. The molecule has 2 aliphatic heterocycles. The first kappa shape index (κ1) is 12.1. The summed E-state index contributed by atoms with van der Waals surface area (Å²) in [5.74, 6) is -0.513. The average molecular weight is 257 g/mol. The van der Waals surface area contributed by atoms with Gasteiger partial charge in [0.15, 0.2) is 5.69 Å². The number of H-pyrrole nitrogens is 1. The lowest BCUT2D eigenvalue weighted by molar-refractivity contribution is 0.0555. The Morgan fingerprint density at radius 1 is 1.35 bits per heavy atom. The van der Waals surface area contributed by atoms with Crippen LogP contribution in [0.4, 0.5) is 0 Å². The van der Waals surface area contributed by atoms with Crippen molar-refractivity contribution in [2.24, 2.45) is 0 Å². The number of nitrogens with zero attached hydrogens (tertiary/aromatic N) is 2. The second-order valence-electron chi connectivity index (χ2n) is 4.11. The molecule has 1 fully saturated rings. The molecule has 7 heteroatoms. The van der Waals surface area contributed by atoms with E-state index in [-0.39, 0.29) is 36.0 Å². The summed E-state index contributed by atoms with van der Waals surface area (Å²) in [6.07, 6.45) is 3.24. The SMILES string of the molecule is Cl.O=C1c2nc[nH]c2C(=O)N1C1CCCNC1. The minimum Gasteiger partial charge on any atom is -0.340 e. The molecule has 1 aromatic heterocycles. The molecule has 0 aliphatic carbocycles. The van der Waals surface area contributed by atoms with Gasteiger partial charge in [0.25, 0.3) is 11.8 Å². The quantitative estimate of drug-likeness (QED) is 0.703. The number of carbonyl (C=O) groups excluding carboxylic acids is 2. The Bertz CT molecular complexity index is 422. The van der Waals surface area contributed by atoms with Crippen molar-refractivity contribution in [1.29, 1.82) is 0 Å². The Balaban J connectivity index is 0.00000108. The van der Waals surface area contributed by atoms with Gasteiger partial charge in [0.1, 0.15) is 5.69 Å². The maximum absolute atomic E-state index is 12.0. The van der Waals surface area contributed by atoms with Crippen LogP contribution in [0.3, 0.4) is 0 Å². The molecule has 0 aromatic carbocycles. The fraction of sp³-hybridized carbons (Fsp3) is 0.500. The minimum absolute atomic E-state index is 0. The Labute approximate surface area is 104 Å². The van der Waals surface area contributed by atoms with E-state index in [2.05, 4.69) is 15.3 Å². The van der Waals surface area contributed by atoms with Gasteiger partial charge < -0.3 is 10.3 Å². The number of hydrogen-bond donors (Lipinski definition) is 2. The molecule has 6 nitrogen and oxygen atoms in total. The lowest BCUT2D eigenvalue weighted by atomic mass is 10.1. The molecule has 1 saturated heterocycles. The van der Waals surface area contributed by atoms with Gasteiger partial charge in [0, 0.05) is 6.54 Å². The molecular formula is C10H13ClN4O2. The minimum atomic E-state index is -0.269. The van der Waals surface area contributed by atoms with Gasteiger partial charge in [-0.3, -0.25) is 14.5 Å². The predicted molar refractivity (Wildman–Crippen MR) is 62.2 cm³/mol. The van der Waals surface area contributed by atoms with Gasteiger partial charge in [-0.25, -0.2) is 4.98 Å². The summed E-state index contributed by atoms with van der Waals surface area (Å²) in [5.41, 5.74) is 0.589. The molecule has 0 radical (unpaired) electrons. The van der Waals surface area contributed by atoms with Crippen molar-refractivity contribution in [3.8, 4) is 0 Å². The fourth-order valence-corrected chi connectivity index (χ4v) is 2.33. The Hall–Kier alpha value is -1.40. The zero-order chi connectivity index (χ0) is 11.1. The molecule has 3 heterocycles. The van der Waals surface area contributed by atoms with Crippen LogP contribution in [0.2, 0.25) is 0 Å². The van der Waals surface area contributed by atoms with Crippen LogP contribution in [0.5, 0.6) is 0 Å².